The lowest BCUT2D eigenvalue weighted by Gasteiger charge is -2.15. The number of benzene rings is 1. The Labute approximate surface area is 127 Å². The van der Waals surface area contributed by atoms with Crippen LogP contribution in [0.5, 0.6) is 0 Å². The molecule has 0 aliphatic heterocycles. The third-order valence-electron chi connectivity index (χ3n) is 2.67. The fourth-order valence-corrected chi connectivity index (χ4v) is 2.81. The summed E-state index contributed by atoms with van der Waals surface area (Å²) >= 11 is 6.95. The van der Waals surface area contributed by atoms with Gasteiger partial charge in [0.2, 0.25) is 0 Å². The molecule has 0 amide bonds. The van der Waals surface area contributed by atoms with Gasteiger partial charge in [-0.05, 0) is 43.0 Å². The van der Waals surface area contributed by atoms with Gasteiger partial charge in [0.05, 0.1) is 0 Å². The molecule has 1 aromatic carbocycles. The number of hydrogen-bond acceptors (Lipinski definition) is 1. The predicted octanol–water partition coefficient (Wildman–Crippen LogP) is 5.47. The van der Waals surface area contributed by atoms with Gasteiger partial charge in [0.15, 0.2) is 0 Å². The standard InChI is InChI=1S/C13H15Br2F3O/c1-8-6-12(15)9(2)5-10(8)11(14)3-4-19-7-13(16,17)18/h5-6,11H,3-4,7H2,1-2H3. The molecule has 108 valence electrons. The Bertz CT molecular complexity index is 433. The second kappa shape index (κ2) is 7.09. The van der Waals surface area contributed by atoms with Gasteiger partial charge in [0.25, 0.3) is 0 Å². The van der Waals surface area contributed by atoms with Crippen LogP contribution in [-0.4, -0.2) is 19.4 Å². The van der Waals surface area contributed by atoms with E-state index in [-0.39, 0.29) is 11.4 Å². The second-order valence-corrected chi connectivity index (χ2v) is 6.34. The van der Waals surface area contributed by atoms with Crippen LogP contribution in [0.4, 0.5) is 13.2 Å². The molecule has 1 unspecified atom stereocenters. The highest BCUT2D eigenvalue weighted by Gasteiger charge is 2.27. The summed E-state index contributed by atoms with van der Waals surface area (Å²) in [5.41, 5.74) is 3.27. The topological polar surface area (TPSA) is 9.23 Å². The normalized spacial score (nSPS) is 13.6. The molecular weight excluding hydrogens is 389 g/mol. The first-order chi connectivity index (χ1) is 8.70. The summed E-state index contributed by atoms with van der Waals surface area (Å²) in [5, 5.41) is 0. The lowest BCUT2D eigenvalue weighted by Crippen LogP contribution is -2.17. The van der Waals surface area contributed by atoms with Crippen molar-refractivity contribution in [3.8, 4) is 0 Å². The predicted molar refractivity (Wildman–Crippen MR) is 76.8 cm³/mol. The van der Waals surface area contributed by atoms with Crippen LogP contribution in [0, 0.1) is 13.8 Å². The minimum Gasteiger partial charge on any atom is -0.372 e. The molecule has 0 aliphatic rings. The van der Waals surface area contributed by atoms with Crippen molar-refractivity contribution < 1.29 is 17.9 Å². The van der Waals surface area contributed by atoms with E-state index in [1.165, 1.54) is 0 Å². The van der Waals surface area contributed by atoms with Crippen molar-refractivity contribution in [2.24, 2.45) is 0 Å². The van der Waals surface area contributed by atoms with Crippen molar-refractivity contribution in [1.82, 2.24) is 0 Å². The average molecular weight is 404 g/mol. The maximum absolute atomic E-state index is 11.9. The highest BCUT2D eigenvalue weighted by atomic mass is 79.9. The van der Waals surface area contributed by atoms with E-state index >= 15 is 0 Å². The lowest BCUT2D eigenvalue weighted by atomic mass is 10.0. The van der Waals surface area contributed by atoms with Gasteiger partial charge in [-0.15, -0.1) is 0 Å². The van der Waals surface area contributed by atoms with Crippen molar-refractivity contribution in [2.75, 3.05) is 13.2 Å². The Morgan fingerprint density at radius 3 is 2.42 bits per heavy atom. The molecule has 1 aromatic rings. The maximum atomic E-state index is 11.9. The first-order valence-electron chi connectivity index (χ1n) is 5.76. The minimum atomic E-state index is -4.26. The summed E-state index contributed by atoms with van der Waals surface area (Å²) in [4.78, 5) is -0.00691. The quantitative estimate of drug-likeness (QED) is 0.467. The van der Waals surface area contributed by atoms with Gasteiger partial charge >= 0.3 is 6.18 Å². The summed E-state index contributed by atoms with van der Waals surface area (Å²) in [6.07, 6.45) is -3.76. The van der Waals surface area contributed by atoms with E-state index in [2.05, 4.69) is 36.6 Å². The second-order valence-electron chi connectivity index (χ2n) is 4.38. The molecule has 0 heterocycles. The Morgan fingerprint density at radius 1 is 1.21 bits per heavy atom. The maximum Gasteiger partial charge on any atom is 0.411 e. The van der Waals surface area contributed by atoms with E-state index in [0.29, 0.717) is 6.42 Å². The minimum absolute atomic E-state index is 0.00691. The molecule has 0 aromatic heterocycles. The fraction of sp³-hybridized carbons (Fsp3) is 0.538. The monoisotopic (exact) mass is 402 g/mol. The molecule has 0 aliphatic carbocycles. The van der Waals surface area contributed by atoms with E-state index in [4.69, 9.17) is 0 Å². The van der Waals surface area contributed by atoms with Crippen molar-refractivity contribution in [3.05, 3.63) is 33.3 Å². The molecular formula is C13H15Br2F3O. The zero-order valence-electron chi connectivity index (χ0n) is 10.7. The van der Waals surface area contributed by atoms with Crippen LogP contribution in [0.15, 0.2) is 16.6 Å². The molecule has 19 heavy (non-hydrogen) atoms. The molecule has 1 rings (SSSR count). The third-order valence-corrected chi connectivity index (χ3v) is 4.47. The lowest BCUT2D eigenvalue weighted by molar-refractivity contribution is -0.174. The summed E-state index contributed by atoms with van der Waals surface area (Å²) < 4.78 is 41.4. The molecule has 1 nitrogen and oxygen atoms in total. The highest BCUT2D eigenvalue weighted by molar-refractivity contribution is 9.10. The Balaban J connectivity index is 2.54. The number of aryl methyl sites for hydroxylation is 2. The van der Waals surface area contributed by atoms with Crippen LogP contribution in [0.2, 0.25) is 0 Å². The molecule has 0 bridgehead atoms. The van der Waals surface area contributed by atoms with Crippen molar-refractivity contribution in [2.45, 2.75) is 31.3 Å². The first kappa shape index (κ1) is 17.0. The van der Waals surface area contributed by atoms with E-state index in [1.54, 1.807) is 0 Å². The van der Waals surface area contributed by atoms with Crippen LogP contribution >= 0.6 is 31.9 Å². The Kier molecular flexibility index (Phi) is 6.33. The molecule has 0 fully saturated rings. The largest absolute Gasteiger partial charge is 0.411 e. The summed E-state index contributed by atoms with van der Waals surface area (Å²) in [6.45, 7) is 2.84. The van der Waals surface area contributed by atoms with Gasteiger partial charge < -0.3 is 4.74 Å². The third kappa shape index (κ3) is 5.83. The fourth-order valence-electron chi connectivity index (χ4n) is 1.67. The SMILES string of the molecule is Cc1cc(C(Br)CCOCC(F)(F)F)c(C)cc1Br. The van der Waals surface area contributed by atoms with Crippen molar-refractivity contribution in [1.29, 1.82) is 0 Å². The molecule has 0 saturated carbocycles. The summed E-state index contributed by atoms with van der Waals surface area (Å²) in [7, 11) is 0. The molecule has 0 saturated heterocycles. The number of rotatable bonds is 5. The molecule has 0 N–H and O–H groups in total. The average Bonchev–Trinajstić information content (AvgIpc) is 2.28. The smallest absolute Gasteiger partial charge is 0.372 e. The molecule has 6 heteroatoms. The van der Waals surface area contributed by atoms with Crippen LogP contribution < -0.4 is 0 Å². The van der Waals surface area contributed by atoms with Gasteiger partial charge in [-0.3, -0.25) is 0 Å². The van der Waals surface area contributed by atoms with Crippen LogP contribution in [0.25, 0.3) is 0 Å². The Hall–Kier alpha value is -0.0700. The van der Waals surface area contributed by atoms with E-state index in [1.807, 2.05) is 26.0 Å². The van der Waals surface area contributed by atoms with Gasteiger partial charge in [0.1, 0.15) is 6.61 Å². The molecule has 0 spiro atoms. The van der Waals surface area contributed by atoms with E-state index in [0.717, 1.165) is 21.2 Å². The van der Waals surface area contributed by atoms with Crippen LogP contribution in [0.1, 0.15) is 27.9 Å². The van der Waals surface area contributed by atoms with Gasteiger partial charge in [-0.2, -0.15) is 13.2 Å². The van der Waals surface area contributed by atoms with Gasteiger partial charge in [-0.25, -0.2) is 0 Å². The van der Waals surface area contributed by atoms with Gasteiger partial charge in [-0.1, -0.05) is 37.9 Å². The van der Waals surface area contributed by atoms with Crippen molar-refractivity contribution in [3.63, 3.8) is 0 Å². The summed E-state index contributed by atoms with van der Waals surface area (Å²) in [6, 6.07) is 4.04. The molecule has 0 radical (unpaired) electrons. The first-order valence-corrected chi connectivity index (χ1v) is 7.47. The Morgan fingerprint density at radius 2 is 1.84 bits per heavy atom. The number of ether oxygens (including phenoxy) is 1. The molecule has 1 atom stereocenters. The van der Waals surface area contributed by atoms with Crippen molar-refractivity contribution >= 4 is 31.9 Å². The summed E-state index contributed by atoms with van der Waals surface area (Å²) in [5.74, 6) is 0. The zero-order valence-corrected chi connectivity index (χ0v) is 13.8. The van der Waals surface area contributed by atoms with E-state index < -0.39 is 12.8 Å². The number of hydrogen-bond donors (Lipinski definition) is 0. The number of alkyl halides is 4. The van der Waals surface area contributed by atoms with Crippen LogP contribution in [0.3, 0.4) is 0 Å². The van der Waals surface area contributed by atoms with E-state index in [9.17, 15) is 13.2 Å². The van der Waals surface area contributed by atoms with Crippen LogP contribution in [-0.2, 0) is 4.74 Å². The van der Waals surface area contributed by atoms with Gasteiger partial charge in [0, 0.05) is 15.9 Å². The zero-order chi connectivity index (χ0) is 14.6. The number of halogens is 5. The highest BCUT2D eigenvalue weighted by Crippen LogP contribution is 2.32.